The quantitative estimate of drug-likeness (QED) is 0.655. The molecule has 2 aromatic rings. The number of nitrogens with zero attached hydrogens (tertiary/aromatic N) is 1. The van der Waals surface area contributed by atoms with Crippen molar-refractivity contribution in [3.63, 3.8) is 0 Å². The average Bonchev–Trinajstić information content (AvgIpc) is 2.70. The second-order valence-corrected chi connectivity index (χ2v) is 8.02. The van der Waals surface area contributed by atoms with Gasteiger partial charge in [-0.3, -0.25) is 9.59 Å². The second-order valence-electron chi connectivity index (χ2n) is 6.63. The molecule has 0 aliphatic heterocycles. The Kier molecular flexibility index (Phi) is 8.87. The molecule has 2 amide bonds. The van der Waals surface area contributed by atoms with E-state index < -0.39 is 6.04 Å². The number of likely N-dealkylation sites (N-methyl/N-ethyl adjacent to an activating group) is 1. The summed E-state index contributed by atoms with van der Waals surface area (Å²) in [5.74, 6) is 0.762. The predicted molar refractivity (Wildman–Crippen MR) is 117 cm³/mol. The summed E-state index contributed by atoms with van der Waals surface area (Å²) in [6.45, 7) is 4.36. The largest absolute Gasteiger partial charge is 0.357 e. The van der Waals surface area contributed by atoms with E-state index in [0.29, 0.717) is 29.5 Å². The molecule has 0 saturated carbocycles. The van der Waals surface area contributed by atoms with E-state index >= 15 is 0 Å². The molecule has 0 aliphatic carbocycles. The Balaban J connectivity index is 2.10. The lowest BCUT2D eigenvalue weighted by atomic mass is 10.1. The third kappa shape index (κ3) is 6.28. The maximum atomic E-state index is 13.0. The van der Waals surface area contributed by atoms with E-state index in [2.05, 4.69) is 5.32 Å². The Hall–Kier alpha value is -1.98. The van der Waals surface area contributed by atoms with E-state index in [1.54, 1.807) is 11.9 Å². The number of hydrogen-bond acceptors (Lipinski definition) is 3. The fraction of sp³-hybridized carbons (Fsp3) is 0.364. The van der Waals surface area contributed by atoms with Crippen LogP contribution in [0.15, 0.2) is 48.5 Å². The van der Waals surface area contributed by atoms with Crippen molar-refractivity contribution in [2.45, 2.75) is 38.6 Å². The third-order valence-electron chi connectivity index (χ3n) is 4.55. The summed E-state index contributed by atoms with van der Waals surface area (Å²) in [5, 5.41) is 3.38. The predicted octanol–water partition coefficient (Wildman–Crippen LogP) is 4.44. The molecule has 2 aromatic carbocycles. The van der Waals surface area contributed by atoms with E-state index in [-0.39, 0.29) is 11.8 Å². The Bertz CT molecular complexity index is 795. The zero-order chi connectivity index (χ0) is 20.5. The lowest BCUT2D eigenvalue weighted by Gasteiger charge is -2.30. The first-order valence-corrected chi connectivity index (χ1v) is 10.9. The first-order chi connectivity index (χ1) is 13.5. The number of thioether (sulfide) groups is 1. The molecule has 6 heteroatoms. The van der Waals surface area contributed by atoms with Crippen LogP contribution in [0, 0.1) is 6.92 Å². The SMILES string of the molecule is CC[C@@H](C(=O)NC)N(Cc1ccc(C)cc1)C(=O)CSCc1ccccc1Cl. The molecule has 0 spiro atoms. The van der Waals surface area contributed by atoms with E-state index in [0.717, 1.165) is 16.7 Å². The van der Waals surface area contributed by atoms with E-state index in [1.165, 1.54) is 11.8 Å². The summed E-state index contributed by atoms with van der Waals surface area (Å²) in [6.07, 6.45) is 0.562. The van der Waals surface area contributed by atoms with Crippen LogP contribution in [0.3, 0.4) is 0 Å². The number of halogens is 1. The molecule has 28 heavy (non-hydrogen) atoms. The summed E-state index contributed by atoms with van der Waals surface area (Å²) in [6, 6.07) is 15.2. The van der Waals surface area contributed by atoms with Crippen LogP contribution in [0.4, 0.5) is 0 Å². The van der Waals surface area contributed by atoms with Gasteiger partial charge in [-0.15, -0.1) is 11.8 Å². The number of carbonyl (C=O) groups is 2. The highest BCUT2D eigenvalue weighted by Gasteiger charge is 2.27. The monoisotopic (exact) mass is 418 g/mol. The molecule has 1 N–H and O–H groups in total. The molecule has 0 radical (unpaired) electrons. The van der Waals surface area contributed by atoms with Crippen LogP contribution in [0.1, 0.15) is 30.0 Å². The van der Waals surface area contributed by atoms with E-state index in [1.807, 2.05) is 62.4 Å². The van der Waals surface area contributed by atoms with Gasteiger partial charge in [-0.1, -0.05) is 66.6 Å². The van der Waals surface area contributed by atoms with Gasteiger partial charge in [-0.2, -0.15) is 0 Å². The van der Waals surface area contributed by atoms with Gasteiger partial charge in [0.05, 0.1) is 5.75 Å². The molecule has 0 bridgehead atoms. The van der Waals surface area contributed by atoms with Crippen molar-refractivity contribution in [3.05, 3.63) is 70.2 Å². The van der Waals surface area contributed by atoms with Gasteiger partial charge < -0.3 is 10.2 Å². The topological polar surface area (TPSA) is 49.4 Å². The number of nitrogens with one attached hydrogen (secondary N) is 1. The summed E-state index contributed by atoms with van der Waals surface area (Å²) in [4.78, 5) is 27.0. The van der Waals surface area contributed by atoms with Gasteiger partial charge in [0.25, 0.3) is 0 Å². The van der Waals surface area contributed by atoms with Crippen LogP contribution in [-0.2, 0) is 21.9 Å². The standard InChI is InChI=1S/C22H27ClN2O2S/c1-4-20(22(27)24-3)25(13-17-11-9-16(2)10-12-17)21(26)15-28-14-18-7-5-6-8-19(18)23/h5-12,20H,4,13-15H2,1-3H3,(H,24,27)/t20-/m0/s1. The lowest BCUT2D eigenvalue weighted by Crippen LogP contribution is -2.48. The highest BCUT2D eigenvalue weighted by molar-refractivity contribution is 7.99. The molecular weight excluding hydrogens is 392 g/mol. The lowest BCUT2D eigenvalue weighted by molar-refractivity contribution is -0.139. The van der Waals surface area contributed by atoms with Gasteiger partial charge >= 0.3 is 0 Å². The van der Waals surface area contributed by atoms with Crippen LogP contribution in [0.2, 0.25) is 5.02 Å². The van der Waals surface area contributed by atoms with Crippen molar-refractivity contribution >= 4 is 35.2 Å². The maximum absolute atomic E-state index is 13.0. The van der Waals surface area contributed by atoms with Crippen molar-refractivity contribution in [2.75, 3.05) is 12.8 Å². The Morgan fingerprint density at radius 3 is 2.43 bits per heavy atom. The minimum atomic E-state index is -0.486. The second kappa shape index (κ2) is 11.1. The summed E-state index contributed by atoms with van der Waals surface area (Å²) in [7, 11) is 1.60. The number of benzene rings is 2. The zero-order valence-corrected chi connectivity index (χ0v) is 18.1. The molecular formula is C22H27ClN2O2S. The molecule has 2 rings (SSSR count). The van der Waals surface area contributed by atoms with Crippen molar-refractivity contribution in [2.24, 2.45) is 0 Å². The van der Waals surface area contributed by atoms with Crippen LogP contribution >= 0.6 is 23.4 Å². The van der Waals surface area contributed by atoms with Gasteiger partial charge in [0.1, 0.15) is 6.04 Å². The Labute approximate surface area is 176 Å². The minimum absolute atomic E-state index is 0.0481. The maximum Gasteiger partial charge on any atom is 0.242 e. The molecule has 4 nitrogen and oxygen atoms in total. The first kappa shape index (κ1) is 22.3. The Morgan fingerprint density at radius 1 is 1.14 bits per heavy atom. The highest BCUT2D eigenvalue weighted by Crippen LogP contribution is 2.22. The van der Waals surface area contributed by atoms with Crippen LogP contribution < -0.4 is 5.32 Å². The average molecular weight is 419 g/mol. The fourth-order valence-corrected chi connectivity index (χ4v) is 4.12. The van der Waals surface area contributed by atoms with Crippen molar-refractivity contribution in [1.82, 2.24) is 10.2 Å². The van der Waals surface area contributed by atoms with Gasteiger partial charge in [-0.25, -0.2) is 0 Å². The first-order valence-electron chi connectivity index (χ1n) is 9.34. The number of carbonyl (C=O) groups excluding carboxylic acids is 2. The molecule has 0 aliphatic rings. The molecule has 0 aromatic heterocycles. The van der Waals surface area contributed by atoms with E-state index in [9.17, 15) is 9.59 Å². The van der Waals surface area contributed by atoms with Crippen LogP contribution in [-0.4, -0.2) is 35.6 Å². The third-order valence-corrected chi connectivity index (χ3v) is 5.88. The molecule has 0 unspecified atom stereocenters. The van der Waals surface area contributed by atoms with Gasteiger partial charge in [-0.05, 0) is 30.5 Å². The Morgan fingerprint density at radius 2 is 1.82 bits per heavy atom. The fourth-order valence-electron chi connectivity index (χ4n) is 2.92. The molecule has 0 fully saturated rings. The number of hydrogen-bond donors (Lipinski definition) is 1. The van der Waals surface area contributed by atoms with Gasteiger partial charge in [0.2, 0.25) is 11.8 Å². The smallest absolute Gasteiger partial charge is 0.242 e. The van der Waals surface area contributed by atoms with Crippen molar-refractivity contribution in [3.8, 4) is 0 Å². The van der Waals surface area contributed by atoms with Gasteiger partial charge in [0.15, 0.2) is 0 Å². The van der Waals surface area contributed by atoms with Crippen molar-refractivity contribution in [1.29, 1.82) is 0 Å². The number of rotatable bonds is 9. The minimum Gasteiger partial charge on any atom is -0.357 e. The summed E-state index contributed by atoms with van der Waals surface area (Å²) in [5.41, 5.74) is 3.18. The van der Waals surface area contributed by atoms with Gasteiger partial charge in [0, 0.05) is 24.4 Å². The van der Waals surface area contributed by atoms with E-state index in [4.69, 9.17) is 11.6 Å². The number of aryl methyl sites for hydroxylation is 1. The molecule has 1 atom stereocenters. The van der Waals surface area contributed by atoms with Crippen LogP contribution in [0.5, 0.6) is 0 Å². The zero-order valence-electron chi connectivity index (χ0n) is 16.6. The normalized spacial score (nSPS) is 11.7. The summed E-state index contributed by atoms with van der Waals surface area (Å²) < 4.78 is 0. The van der Waals surface area contributed by atoms with Crippen LogP contribution in [0.25, 0.3) is 0 Å². The number of amides is 2. The highest BCUT2D eigenvalue weighted by atomic mass is 35.5. The molecule has 0 heterocycles. The van der Waals surface area contributed by atoms with Crippen molar-refractivity contribution < 1.29 is 9.59 Å². The molecule has 150 valence electrons. The summed E-state index contributed by atoms with van der Waals surface area (Å²) >= 11 is 7.70. The molecule has 0 saturated heterocycles.